The van der Waals surface area contributed by atoms with Gasteiger partial charge in [0, 0.05) is 23.5 Å². The van der Waals surface area contributed by atoms with Crippen molar-refractivity contribution >= 4 is 11.4 Å². The smallest absolute Gasteiger partial charge is 0.141 e. The number of benzene rings is 3. The molecule has 0 N–H and O–H groups in total. The van der Waals surface area contributed by atoms with Gasteiger partial charge in [-0.3, -0.25) is 0 Å². The lowest BCUT2D eigenvalue weighted by molar-refractivity contribution is 0.745. The summed E-state index contributed by atoms with van der Waals surface area (Å²) in [5.74, 6) is 0.354. The molecule has 2 atom stereocenters. The third-order valence-corrected chi connectivity index (χ3v) is 6.49. The van der Waals surface area contributed by atoms with E-state index in [9.17, 15) is 5.26 Å². The Morgan fingerprint density at radius 2 is 1.48 bits per heavy atom. The molecule has 4 aromatic rings. The minimum Gasteiger partial charge on any atom is -0.333 e. The van der Waals surface area contributed by atoms with Crippen LogP contribution >= 0.6 is 0 Å². The predicted octanol–water partition coefficient (Wildman–Crippen LogP) is 7.02. The van der Waals surface area contributed by atoms with Crippen molar-refractivity contribution in [2.45, 2.75) is 12.0 Å². The van der Waals surface area contributed by atoms with Crippen LogP contribution in [0.25, 0.3) is 22.3 Å². The number of allylic oxidation sites excluding steroid dienone is 2. The summed E-state index contributed by atoms with van der Waals surface area (Å²) >= 11 is 0. The molecule has 2 aliphatic rings. The zero-order chi connectivity index (χ0) is 22.2. The highest BCUT2D eigenvalue weighted by Crippen LogP contribution is 2.48. The molecule has 1 aliphatic heterocycles. The number of hydrogen-bond acceptors (Lipinski definition) is 3. The van der Waals surface area contributed by atoms with Crippen molar-refractivity contribution in [3.05, 3.63) is 127 Å². The van der Waals surface area contributed by atoms with Crippen molar-refractivity contribution in [2.75, 3.05) is 4.90 Å². The van der Waals surface area contributed by atoms with E-state index >= 15 is 0 Å². The average Bonchev–Trinajstić information content (AvgIpc) is 3.23. The molecule has 0 amide bonds. The van der Waals surface area contributed by atoms with Crippen LogP contribution in [0, 0.1) is 11.3 Å². The largest absolute Gasteiger partial charge is 0.333 e. The van der Waals surface area contributed by atoms with Crippen LogP contribution in [0.5, 0.6) is 0 Å². The molecule has 0 saturated heterocycles. The van der Waals surface area contributed by atoms with Gasteiger partial charge in [-0.25, -0.2) is 4.98 Å². The maximum atomic E-state index is 9.21. The normalized spacial score (nSPS) is 18.0. The summed E-state index contributed by atoms with van der Waals surface area (Å²) in [5, 5.41) is 9.21. The standard InChI is InChI=1S/C30H21N3/c31-20-25-18-24(15-16-32-25)22-8-6-7-21(17-22)23-13-14-28-27-11-4-5-12-29(27)33(30(28)19-23)26-9-2-1-3-10-26/h1-19,27,29H. The molecule has 0 spiro atoms. The number of pyridine rings is 1. The van der Waals surface area contributed by atoms with E-state index in [1.54, 1.807) is 6.20 Å². The first-order valence-corrected chi connectivity index (χ1v) is 11.1. The summed E-state index contributed by atoms with van der Waals surface area (Å²) in [5.41, 5.74) is 8.65. The molecular formula is C30H21N3. The maximum Gasteiger partial charge on any atom is 0.141 e. The summed E-state index contributed by atoms with van der Waals surface area (Å²) in [6.07, 6.45) is 10.6. The number of aromatic nitrogens is 1. The predicted molar refractivity (Wildman–Crippen MR) is 133 cm³/mol. The fourth-order valence-electron chi connectivity index (χ4n) is 4.95. The highest BCUT2D eigenvalue weighted by atomic mass is 15.2. The molecule has 0 saturated carbocycles. The van der Waals surface area contributed by atoms with Gasteiger partial charge >= 0.3 is 0 Å². The Morgan fingerprint density at radius 3 is 2.30 bits per heavy atom. The fourth-order valence-corrected chi connectivity index (χ4v) is 4.95. The van der Waals surface area contributed by atoms with Gasteiger partial charge in [0.1, 0.15) is 11.8 Å². The molecule has 6 rings (SSSR count). The fraction of sp³-hybridized carbons (Fsp3) is 0.0667. The van der Waals surface area contributed by atoms with Gasteiger partial charge < -0.3 is 4.90 Å². The van der Waals surface area contributed by atoms with Crippen LogP contribution in [0.2, 0.25) is 0 Å². The molecule has 33 heavy (non-hydrogen) atoms. The third kappa shape index (κ3) is 3.33. The van der Waals surface area contributed by atoms with Crippen molar-refractivity contribution in [1.29, 1.82) is 5.26 Å². The minimum atomic E-state index is 0.287. The Hall–Kier alpha value is -4.42. The summed E-state index contributed by atoms with van der Waals surface area (Å²) in [6, 6.07) is 32.1. The third-order valence-electron chi connectivity index (χ3n) is 6.49. The van der Waals surface area contributed by atoms with Gasteiger partial charge in [0.25, 0.3) is 0 Å². The highest BCUT2D eigenvalue weighted by Gasteiger charge is 2.37. The Balaban J connectivity index is 1.45. The first-order valence-electron chi connectivity index (χ1n) is 11.1. The number of rotatable bonds is 3. The molecule has 0 fully saturated rings. The first kappa shape index (κ1) is 19.3. The Kier molecular flexibility index (Phi) is 4.63. The molecule has 3 nitrogen and oxygen atoms in total. The summed E-state index contributed by atoms with van der Waals surface area (Å²) in [6.45, 7) is 0. The lowest BCUT2D eigenvalue weighted by Gasteiger charge is -2.28. The molecular weight excluding hydrogens is 402 g/mol. The highest BCUT2D eigenvalue weighted by molar-refractivity contribution is 5.81. The van der Waals surface area contributed by atoms with Crippen LogP contribution in [0.3, 0.4) is 0 Å². The van der Waals surface area contributed by atoms with Gasteiger partial charge in [-0.2, -0.15) is 5.26 Å². The lowest BCUT2D eigenvalue weighted by Crippen LogP contribution is -2.28. The Bertz CT molecular complexity index is 1440. The van der Waals surface area contributed by atoms with E-state index in [2.05, 4.69) is 113 Å². The Labute approximate surface area is 193 Å². The van der Waals surface area contributed by atoms with Gasteiger partial charge in [0.05, 0.1) is 6.04 Å². The average molecular weight is 424 g/mol. The number of nitriles is 1. The quantitative estimate of drug-likeness (QED) is 0.355. The van der Waals surface area contributed by atoms with E-state index in [0.29, 0.717) is 11.6 Å². The second-order valence-electron chi connectivity index (χ2n) is 8.39. The number of nitrogens with zero attached hydrogens (tertiary/aromatic N) is 3. The molecule has 1 aliphatic carbocycles. The monoisotopic (exact) mass is 423 g/mol. The molecule has 1 aromatic heterocycles. The van der Waals surface area contributed by atoms with E-state index < -0.39 is 0 Å². The molecule has 156 valence electrons. The van der Waals surface area contributed by atoms with Crippen LogP contribution in [-0.2, 0) is 0 Å². The van der Waals surface area contributed by atoms with Gasteiger partial charge in [-0.05, 0) is 64.2 Å². The van der Waals surface area contributed by atoms with Crippen LogP contribution in [0.4, 0.5) is 11.4 Å². The molecule has 0 bridgehead atoms. The molecule has 3 heteroatoms. The van der Waals surface area contributed by atoms with Gasteiger partial charge in [-0.15, -0.1) is 0 Å². The van der Waals surface area contributed by atoms with Crippen molar-refractivity contribution in [3.8, 4) is 28.3 Å². The van der Waals surface area contributed by atoms with E-state index in [0.717, 1.165) is 16.7 Å². The first-order chi connectivity index (χ1) is 16.3. The summed E-state index contributed by atoms with van der Waals surface area (Å²) in [4.78, 5) is 6.55. The van der Waals surface area contributed by atoms with Crippen LogP contribution in [0.15, 0.2) is 115 Å². The van der Waals surface area contributed by atoms with Crippen molar-refractivity contribution in [3.63, 3.8) is 0 Å². The zero-order valence-electron chi connectivity index (χ0n) is 18.0. The number of anilines is 2. The van der Waals surface area contributed by atoms with Gasteiger partial charge in [0.15, 0.2) is 0 Å². The van der Waals surface area contributed by atoms with Gasteiger partial charge in [-0.1, -0.05) is 72.8 Å². The van der Waals surface area contributed by atoms with Crippen molar-refractivity contribution < 1.29 is 0 Å². The van der Waals surface area contributed by atoms with Crippen LogP contribution in [-0.4, -0.2) is 11.0 Å². The number of hydrogen-bond donors (Lipinski definition) is 0. The minimum absolute atomic E-state index is 0.287. The number of fused-ring (bicyclic) bond motifs is 3. The van der Waals surface area contributed by atoms with Crippen LogP contribution < -0.4 is 4.90 Å². The second kappa shape index (κ2) is 7.93. The van der Waals surface area contributed by atoms with Crippen molar-refractivity contribution in [1.82, 2.24) is 4.98 Å². The summed E-state index contributed by atoms with van der Waals surface area (Å²) in [7, 11) is 0. The SMILES string of the molecule is N#Cc1cc(-c2cccc(-c3ccc4c(c3)N(c3ccccc3)C3C=CC=CC43)c2)ccn1. The van der Waals surface area contributed by atoms with Gasteiger partial charge in [0.2, 0.25) is 0 Å². The maximum absolute atomic E-state index is 9.21. The zero-order valence-corrected chi connectivity index (χ0v) is 18.0. The summed E-state index contributed by atoms with van der Waals surface area (Å²) < 4.78 is 0. The van der Waals surface area contributed by atoms with E-state index in [4.69, 9.17) is 0 Å². The molecule has 0 radical (unpaired) electrons. The molecule has 2 unspecified atom stereocenters. The topological polar surface area (TPSA) is 39.9 Å². The van der Waals surface area contributed by atoms with Crippen LogP contribution in [0.1, 0.15) is 17.2 Å². The van der Waals surface area contributed by atoms with E-state index in [-0.39, 0.29) is 6.04 Å². The van der Waals surface area contributed by atoms with E-state index in [1.807, 2.05) is 12.1 Å². The number of para-hydroxylation sites is 1. The second-order valence-corrected chi connectivity index (χ2v) is 8.39. The lowest BCUT2D eigenvalue weighted by atomic mass is 9.90. The molecule has 2 heterocycles. The van der Waals surface area contributed by atoms with Crippen molar-refractivity contribution in [2.24, 2.45) is 0 Å². The van der Waals surface area contributed by atoms with E-state index in [1.165, 1.54) is 22.5 Å². The Morgan fingerprint density at radius 1 is 0.727 bits per heavy atom. The molecule has 3 aromatic carbocycles.